The molecule has 4 aromatic rings. The third-order valence-corrected chi connectivity index (χ3v) is 4.27. The topological polar surface area (TPSA) is 101 Å². The second-order valence-electron chi connectivity index (χ2n) is 4.92. The number of aromatic amines is 1. The number of furan rings is 1. The molecule has 0 aliphatic heterocycles. The summed E-state index contributed by atoms with van der Waals surface area (Å²) in [5.41, 5.74) is 1.11. The first-order chi connectivity index (χ1) is 11.7. The molecule has 0 saturated heterocycles. The highest BCUT2D eigenvalue weighted by Gasteiger charge is 2.21. The standard InChI is InChI=1S/C16H10N4O3S/c21-13(10-8-17-11-5-2-1-4-9(10)11)14(22)18-16-20-19-15(24-16)12-6-3-7-23-12/h1-8,17H,(H,18,20,22). The molecular weight excluding hydrogens is 328 g/mol. The zero-order valence-electron chi connectivity index (χ0n) is 12.1. The summed E-state index contributed by atoms with van der Waals surface area (Å²) in [6.45, 7) is 0. The molecule has 4 rings (SSSR count). The second kappa shape index (κ2) is 5.74. The summed E-state index contributed by atoms with van der Waals surface area (Å²) in [7, 11) is 0. The van der Waals surface area contributed by atoms with Crippen LogP contribution in [0, 0.1) is 0 Å². The molecule has 0 aliphatic carbocycles. The Morgan fingerprint density at radius 3 is 2.83 bits per heavy atom. The summed E-state index contributed by atoms with van der Waals surface area (Å²) >= 11 is 1.13. The number of H-pyrrole nitrogens is 1. The Bertz CT molecular complexity index is 1030. The second-order valence-corrected chi connectivity index (χ2v) is 5.90. The number of ketones is 1. The molecule has 0 atom stereocenters. The van der Waals surface area contributed by atoms with Gasteiger partial charge in [0.15, 0.2) is 10.8 Å². The van der Waals surface area contributed by atoms with E-state index in [9.17, 15) is 9.59 Å². The Hall–Kier alpha value is -3.26. The fraction of sp³-hybridized carbons (Fsp3) is 0. The molecule has 2 N–H and O–H groups in total. The molecule has 0 bridgehead atoms. The van der Waals surface area contributed by atoms with Crippen LogP contribution in [0.25, 0.3) is 21.7 Å². The van der Waals surface area contributed by atoms with Gasteiger partial charge in [0.2, 0.25) is 5.13 Å². The Labute approximate surface area is 139 Å². The van der Waals surface area contributed by atoms with Crippen LogP contribution in [-0.2, 0) is 4.79 Å². The highest BCUT2D eigenvalue weighted by Crippen LogP contribution is 2.26. The van der Waals surface area contributed by atoms with Gasteiger partial charge in [0.1, 0.15) is 0 Å². The Balaban J connectivity index is 1.55. The number of aromatic nitrogens is 3. The summed E-state index contributed by atoms with van der Waals surface area (Å²) in [5, 5.41) is 11.7. The minimum atomic E-state index is -0.762. The summed E-state index contributed by atoms with van der Waals surface area (Å²) in [4.78, 5) is 27.5. The first-order valence-corrected chi connectivity index (χ1v) is 7.83. The highest BCUT2D eigenvalue weighted by molar-refractivity contribution is 7.18. The molecule has 7 nitrogen and oxygen atoms in total. The third-order valence-electron chi connectivity index (χ3n) is 3.42. The minimum absolute atomic E-state index is 0.236. The van der Waals surface area contributed by atoms with Crippen molar-refractivity contribution in [2.45, 2.75) is 0 Å². The molecular formula is C16H10N4O3S. The lowest BCUT2D eigenvalue weighted by Gasteiger charge is -1.99. The van der Waals surface area contributed by atoms with Gasteiger partial charge < -0.3 is 9.40 Å². The van der Waals surface area contributed by atoms with Crippen molar-refractivity contribution < 1.29 is 14.0 Å². The average molecular weight is 338 g/mol. The van der Waals surface area contributed by atoms with E-state index in [2.05, 4.69) is 20.5 Å². The van der Waals surface area contributed by atoms with Crippen molar-refractivity contribution in [3.63, 3.8) is 0 Å². The molecule has 3 aromatic heterocycles. The lowest BCUT2D eigenvalue weighted by atomic mass is 10.1. The molecule has 0 fully saturated rings. The normalized spacial score (nSPS) is 10.8. The quantitative estimate of drug-likeness (QED) is 0.440. The summed E-state index contributed by atoms with van der Waals surface area (Å²) < 4.78 is 5.22. The Morgan fingerprint density at radius 2 is 2.00 bits per heavy atom. The predicted octanol–water partition coefficient (Wildman–Crippen LogP) is 3.10. The smallest absolute Gasteiger partial charge is 0.298 e. The van der Waals surface area contributed by atoms with Gasteiger partial charge >= 0.3 is 0 Å². The van der Waals surface area contributed by atoms with E-state index in [1.165, 1.54) is 12.5 Å². The van der Waals surface area contributed by atoms with E-state index in [1.807, 2.05) is 18.2 Å². The lowest BCUT2D eigenvalue weighted by molar-refractivity contribution is -0.112. The van der Waals surface area contributed by atoms with Crippen molar-refractivity contribution >= 4 is 39.1 Å². The molecule has 0 saturated carbocycles. The molecule has 0 unspecified atom stereocenters. The van der Waals surface area contributed by atoms with Gasteiger partial charge in [-0.2, -0.15) is 0 Å². The summed E-state index contributed by atoms with van der Waals surface area (Å²) in [5.74, 6) is -0.847. The van der Waals surface area contributed by atoms with Crippen molar-refractivity contribution in [1.29, 1.82) is 0 Å². The van der Waals surface area contributed by atoms with Gasteiger partial charge in [-0.25, -0.2) is 0 Å². The van der Waals surface area contributed by atoms with E-state index >= 15 is 0 Å². The third kappa shape index (κ3) is 2.48. The fourth-order valence-electron chi connectivity index (χ4n) is 2.31. The van der Waals surface area contributed by atoms with Gasteiger partial charge in [0.05, 0.1) is 11.8 Å². The van der Waals surface area contributed by atoms with Crippen molar-refractivity contribution in [1.82, 2.24) is 15.2 Å². The number of rotatable bonds is 4. The average Bonchev–Trinajstić information content (AvgIpc) is 3.33. The first-order valence-electron chi connectivity index (χ1n) is 7.01. The zero-order valence-corrected chi connectivity index (χ0v) is 13.0. The largest absolute Gasteiger partial charge is 0.462 e. The van der Waals surface area contributed by atoms with E-state index in [-0.39, 0.29) is 5.13 Å². The molecule has 1 aromatic carbocycles. The van der Waals surface area contributed by atoms with Crippen molar-refractivity contribution in [3.05, 3.63) is 54.4 Å². The van der Waals surface area contributed by atoms with Gasteiger partial charge in [-0.15, -0.1) is 10.2 Å². The number of fused-ring (bicyclic) bond motifs is 1. The Kier molecular flexibility index (Phi) is 3.43. The molecule has 24 heavy (non-hydrogen) atoms. The van der Waals surface area contributed by atoms with Crippen LogP contribution in [0.5, 0.6) is 0 Å². The minimum Gasteiger partial charge on any atom is -0.462 e. The maximum atomic E-state index is 12.4. The molecule has 0 aliphatic rings. The first kappa shape index (κ1) is 14.3. The monoisotopic (exact) mass is 338 g/mol. The number of nitrogens with zero attached hydrogens (tertiary/aromatic N) is 2. The van der Waals surface area contributed by atoms with Crippen LogP contribution in [0.4, 0.5) is 5.13 Å². The molecule has 3 heterocycles. The van der Waals surface area contributed by atoms with E-state index < -0.39 is 11.7 Å². The van der Waals surface area contributed by atoms with Gasteiger partial charge in [0.25, 0.3) is 11.7 Å². The van der Waals surface area contributed by atoms with Crippen molar-refractivity contribution in [3.8, 4) is 10.8 Å². The van der Waals surface area contributed by atoms with Crippen LogP contribution >= 0.6 is 11.3 Å². The molecule has 8 heteroatoms. The number of carbonyl (C=O) groups is 2. The molecule has 1 amide bonds. The maximum Gasteiger partial charge on any atom is 0.298 e. The van der Waals surface area contributed by atoms with Crippen LogP contribution in [0.15, 0.2) is 53.3 Å². The van der Waals surface area contributed by atoms with Gasteiger partial charge in [-0.1, -0.05) is 29.5 Å². The van der Waals surface area contributed by atoms with E-state index in [4.69, 9.17) is 4.42 Å². The number of Topliss-reactive ketones (excluding diaryl/α,β-unsaturated/α-hetero) is 1. The molecule has 118 valence electrons. The highest BCUT2D eigenvalue weighted by atomic mass is 32.1. The van der Waals surface area contributed by atoms with E-state index in [1.54, 1.807) is 18.2 Å². The number of nitrogens with one attached hydrogen (secondary N) is 2. The molecule has 0 spiro atoms. The van der Waals surface area contributed by atoms with Crippen LogP contribution in [0.1, 0.15) is 10.4 Å². The predicted molar refractivity (Wildman–Crippen MR) is 88.9 cm³/mol. The zero-order chi connectivity index (χ0) is 16.5. The van der Waals surface area contributed by atoms with E-state index in [0.717, 1.165) is 16.9 Å². The number of anilines is 1. The number of amides is 1. The summed E-state index contributed by atoms with van der Waals surface area (Å²) in [6, 6.07) is 10.8. The van der Waals surface area contributed by atoms with Crippen LogP contribution < -0.4 is 5.32 Å². The number of hydrogen-bond donors (Lipinski definition) is 2. The van der Waals surface area contributed by atoms with Gasteiger partial charge in [0, 0.05) is 17.1 Å². The number of para-hydroxylation sites is 1. The van der Waals surface area contributed by atoms with Crippen molar-refractivity contribution in [2.24, 2.45) is 0 Å². The number of benzene rings is 1. The van der Waals surface area contributed by atoms with Crippen molar-refractivity contribution in [2.75, 3.05) is 5.32 Å². The lowest BCUT2D eigenvalue weighted by Crippen LogP contribution is -2.22. The fourth-order valence-corrected chi connectivity index (χ4v) is 3.02. The SMILES string of the molecule is O=C(Nc1nnc(-c2ccco2)s1)C(=O)c1c[nH]c2ccccc12. The van der Waals surface area contributed by atoms with E-state index in [0.29, 0.717) is 21.7 Å². The van der Waals surface area contributed by atoms with Crippen LogP contribution in [-0.4, -0.2) is 26.9 Å². The maximum absolute atomic E-state index is 12.4. The van der Waals surface area contributed by atoms with Crippen LogP contribution in [0.2, 0.25) is 0 Å². The Morgan fingerprint density at radius 1 is 1.12 bits per heavy atom. The number of hydrogen-bond acceptors (Lipinski definition) is 6. The van der Waals surface area contributed by atoms with Gasteiger partial charge in [-0.05, 0) is 18.2 Å². The number of carbonyl (C=O) groups excluding carboxylic acids is 2. The van der Waals surface area contributed by atoms with Gasteiger partial charge in [-0.3, -0.25) is 14.9 Å². The summed E-state index contributed by atoms with van der Waals surface area (Å²) in [6.07, 6.45) is 3.05. The molecule has 0 radical (unpaired) electrons. The van der Waals surface area contributed by atoms with Crippen LogP contribution in [0.3, 0.4) is 0 Å².